The van der Waals surface area contributed by atoms with E-state index in [1.54, 1.807) is 41.7 Å². The first-order valence-corrected chi connectivity index (χ1v) is 32.1. The molecule has 25 heteroatoms. The van der Waals surface area contributed by atoms with Gasteiger partial charge >= 0.3 is 5.97 Å². The molecule has 0 aromatic carbocycles. The molecule has 0 saturated carbocycles. The highest BCUT2D eigenvalue weighted by atomic mass is 16.6. The Labute approximate surface area is 537 Å². The van der Waals surface area contributed by atoms with Crippen LogP contribution in [0.25, 0.3) is 0 Å². The second-order valence-corrected chi connectivity index (χ2v) is 27.7. The molecule has 0 spiro atoms. The molecule has 9 amide bonds. The Morgan fingerprint density at radius 1 is 0.478 bits per heavy atom. The van der Waals surface area contributed by atoms with E-state index < -0.39 is 162 Å². The van der Waals surface area contributed by atoms with Gasteiger partial charge in [-0.05, 0) is 100 Å². The van der Waals surface area contributed by atoms with Gasteiger partial charge in [0.05, 0.1) is 31.3 Å². The van der Waals surface area contributed by atoms with E-state index in [-0.39, 0.29) is 74.7 Å². The highest BCUT2D eigenvalue weighted by Crippen LogP contribution is 2.25. The van der Waals surface area contributed by atoms with E-state index in [1.165, 1.54) is 82.9 Å². The number of Topliss-reactive ketones (excluding diaryl/α,β-unsaturated/α-hetero) is 1. The highest BCUT2D eigenvalue weighted by Gasteiger charge is 2.46. The van der Waals surface area contributed by atoms with Crippen molar-refractivity contribution in [2.24, 2.45) is 47.3 Å². The predicted octanol–water partition coefficient (Wildman–Crippen LogP) is 3.32. The number of hydrogen-bond donors (Lipinski definition) is 4. The molecule has 1 rings (SSSR count). The van der Waals surface area contributed by atoms with Crippen molar-refractivity contribution in [1.82, 2.24) is 50.7 Å². The van der Waals surface area contributed by atoms with E-state index in [4.69, 9.17) is 14.2 Å². The van der Waals surface area contributed by atoms with Gasteiger partial charge in [0.1, 0.15) is 54.6 Å². The summed E-state index contributed by atoms with van der Waals surface area (Å²) in [6.07, 6.45) is -2.37. The summed E-state index contributed by atoms with van der Waals surface area (Å²) < 4.78 is 17.5. The molecule has 1 saturated heterocycles. The maximum atomic E-state index is 15.3. The van der Waals surface area contributed by atoms with E-state index in [0.717, 1.165) is 9.80 Å². The number of esters is 1. The summed E-state index contributed by atoms with van der Waals surface area (Å²) in [5.41, 5.74) is 0. The van der Waals surface area contributed by atoms with Crippen LogP contribution in [0.15, 0.2) is 0 Å². The monoisotopic (exact) mass is 1280 g/mol. The van der Waals surface area contributed by atoms with Gasteiger partial charge in [0.2, 0.25) is 47.3 Å². The highest BCUT2D eigenvalue weighted by molar-refractivity contribution is 5.99. The summed E-state index contributed by atoms with van der Waals surface area (Å²) in [6, 6.07) is -11.4. The molecule has 0 bridgehead atoms. The topological polar surface area (TPSA) is 300 Å². The fourth-order valence-corrected chi connectivity index (χ4v) is 11.4. The largest absolute Gasteiger partial charge is 0.450 e. The summed E-state index contributed by atoms with van der Waals surface area (Å²) >= 11 is 0. The van der Waals surface area contributed by atoms with Crippen molar-refractivity contribution in [2.45, 2.75) is 229 Å². The molecular formula is C65H116N10O15. The van der Waals surface area contributed by atoms with Crippen molar-refractivity contribution in [3.8, 4) is 0 Å². The predicted molar refractivity (Wildman–Crippen MR) is 343 cm³/mol. The number of carbonyl (C=O) groups excluding carboxylic acids is 12. The zero-order valence-electron chi connectivity index (χ0n) is 59.1. The minimum atomic E-state index is -1.56. The number of amides is 9. The minimum Gasteiger partial charge on any atom is -0.450 e. The lowest BCUT2D eigenvalue weighted by molar-refractivity contribution is -0.166. The van der Waals surface area contributed by atoms with Crippen LogP contribution in [0.3, 0.4) is 0 Å². The van der Waals surface area contributed by atoms with Crippen molar-refractivity contribution in [1.29, 1.82) is 0 Å². The Morgan fingerprint density at radius 3 is 1.32 bits per heavy atom. The van der Waals surface area contributed by atoms with Gasteiger partial charge in [-0.15, -0.1) is 0 Å². The molecule has 13 atom stereocenters. The van der Waals surface area contributed by atoms with Crippen LogP contribution in [0, 0.1) is 47.3 Å². The number of nitrogens with one attached hydrogen (secondary N) is 4. The first kappa shape index (κ1) is 81.9. The Kier molecular flexibility index (Phi) is 34.6. The van der Waals surface area contributed by atoms with Crippen LogP contribution in [0.5, 0.6) is 0 Å². The summed E-state index contributed by atoms with van der Waals surface area (Å²) in [6.45, 7) is 29.1. The Balaban J connectivity index is 4.41. The summed E-state index contributed by atoms with van der Waals surface area (Å²) in [5.74, 6) is -10.5. The summed E-state index contributed by atoms with van der Waals surface area (Å²) in [4.78, 5) is 181. The Hall–Kier alpha value is -6.08. The van der Waals surface area contributed by atoms with E-state index in [0.29, 0.717) is 6.29 Å². The van der Waals surface area contributed by atoms with Crippen molar-refractivity contribution in [2.75, 3.05) is 69.6 Å². The van der Waals surface area contributed by atoms with Gasteiger partial charge in [-0.25, -0.2) is 4.79 Å². The van der Waals surface area contributed by atoms with Gasteiger partial charge in [-0.3, -0.25) is 52.8 Å². The number of cyclic esters (lactones) is 1. The summed E-state index contributed by atoms with van der Waals surface area (Å²) in [5, 5.41) is 11.3. The number of ketones is 1. The number of methoxy groups -OCH3 is 2. The molecule has 1 aliphatic heterocycles. The molecule has 25 nitrogen and oxygen atoms in total. The van der Waals surface area contributed by atoms with Gasteiger partial charge in [-0.2, -0.15) is 0 Å². The fraction of sp³-hybridized carbons (Fsp3) is 0.815. The smallest absolute Gasteiger partial charge is 0.329 e. The second kappa shape index (κ2) is 38.1. The van der Waals surface area contributed by atoms with Crippen LogP contribution in [-0.4, -0.2) is 243 Å². The van der Waals surface area contributed by atoms with Crippen molar-refractivity contribution in [3.05, 3.63) is 0 Å². The van der Waals surface area contributed by atoms with Crippen molar-refractivity contribution >= 4 is 71.2 Å². The molecule has 0 aromatic rings. The Bertz CT molecular complexity index is 2420. The van der Waals surface area contributed by atoms with Gasteiger partial charge < -0.3 is 64.8 Å². The number of carbonyl (C=O) groups is 12. The van der Waals surface area contributed by atoms with E-state index >= 15 is 14.4 Å². The minimum absolute atomic E-state index is 0.0832. The molecule has 90 heavy (non-hydrogen) atoms. The third-order valence-corrected chi connectivity index (χ3v) is 16.5. The van der Waals surface area contributed by atoms with E-state index in [2.05, 4.69) is 21.3 Å². The van der Waals surface area contributed by atoms with Crippen LogP contribution in [0.2, 0.25) is 0 Å². The molecule has 516 valence electrons. The quantitative estimate of drug-likeness (QED) is 0.107. The SMILES string of the molecule is CO[C@H]([C@H](C)CC=O)[C@@H]1C(=O)N[C@H]([C@@H](C)OC)C(=O)N(C)CC(=O)CN(C)[C@@H](CC(C)C)C(=O)N[C@H](CC(C)C)C(=O)N(C)[C@H](CC(C)C)C(=O)N[C@H](C)C(=O)O[C@@H](C(C)C)C(=O)N(C)[C@H](CC(C)C)C(=O)N[C@H](CC(C)C)C(=O)N(C)[C@H](C(C)C)C(=O)N1C. The fourth-order valence-electron chi connectivity index (χ4n) is 11.4. The van der Waals surface area contributed by atoms with Crippen molar-refractivity contribution < 1.29 is 71.7 Å². The average molecular weight is 1280 g/mol. The third kappa shape index (κ3) is 24.2. The zero-order valence-corrected chi connectivity index (χ0v) is 59.1. The maximum absolute atomic E-state index is 15.3. The molecular weight excluding hydrogens is 1160 g/mol. The second-order valence-electron chi connectivity index (χ2n) is 27.7. The molecule has 0 aliphatic carbocycles. The molecule has 1 aliphatic rings. The standard InChI is InChI=1S/C65H116N10O15/c1-35(2)28-46-60(82)72(20)49(31-38(7)8)57(79)66-43(16)65(87)90-54(41(13)14)64(86)73(21)50(32-39(9)10)58(80)68-47(29-36(3)4)61(83)74(22)52(40(11)12)63(85)75(23)53(55(89-25)42(15)26-27-76)59(81)69-51(44(17)88-24)62(84)71(19)34-45(77)33-70(18)48(30-37(5)6)56(78)67-46/h27,35-44,46-55H,26,28-34H2,1-25H3,(H,66,79)(H,67,78)(H,68,80)(H,69,81)/t42-,43-,44-,46-,47-,48+,49-,50-,51-,52-,53-,54+,55-/m1/s1. The lowest BCUT2D eigenvalue weighted by atomic mass is 9.91. The third-order valence-electron chi connectivity index (χ3n) is 16.5. The maximum Gasteiger partial charge on any atom is 0.329 e. The first-order chi connectivity index (χ1) is 41.6. The van der Waals surface area contributed by atoms with Crippen LogP contribution in [0.4, 0.5) is 0 Å². The molecule has 0 aromatic heterocycles. The molecule has 4 N–H and O–H groups in total. The van der Waals surface area contributed by atoms with Crippen LogP contribution in [0.1, 0.15) is 156 Å². The normalized spacial score (nSPS) is 26.6. The number of ether oxygens (including phenoxy) is 3. The van der Waals surface area contributed by atoms with E-state index in [9.17, 15) is 43.2 Å². The molecule has 0 unspecified atom stereocenters. The number of nitrogens with zero attached hydrogens (tertiary/aromatic N) is 6. The summed E-state index contributed by atoms with van der Waals surface area (Å²) in [7, 11) is 11.2. The van der Waals surface area contributed by atoms with Crippen molar-refractivity contribution in [3.63, 3.8) is 0 Å². The molecule has 1 heterocycles. The molecule has 1 fully saturated rings. The van der Waals surface area contributed by atoms with Gasteiger partial charge in [-0.1, -0.05) is 104 Å². The Morgan fingerprint density at radius 2 is 0.900 bits per heavy atom. The number of hydrogen-bond acceptors (Lipinski definition) is 16. The average Bonchev–Trinajstić information content (AvgIpc) is 0.975. The lowest BCUT2D eigenvalue weighted by Crippen LogP contribution is -2.64. The van der Waals surface area contributed by atoms with Gasteiger partial charge in [0.25, 0.3) is 5.91 Å². The van der Waals surface area contributed by atoms with Crippen LogP contribution >= 0.6 is 0 Å². The van der Waals surface area contributed by atoms with Gasteiger partial charge in [0.15, 0.2) is 11.9 Å². The number of likely N-dealkylation sites (N-methyl/N-ethyl adjacent to an activating group) is 6. The number of aldehydes is 1. The first-order valence-electron chi connectivity index (χ1n) is 32.1. The van der Waals surface area contributed by atoms with Crippen LogP contribution < -0.4 is 21.3 Å². The van der Waals surface area contributed by atoms with Gasteiger partial charge in [0, 0.05) is 55.9 Å². The lowest BCUT2D eigenvalue weighted by Gasteiger charge is -2.41. The van der Waals surface area contributed by atoms with Crippen LogP contribution in [-0.2, 0) is 71.7 Å². The molecule has 0 radical (unpaired) electrons. The zero-order chi connectivity index (χ0) is 69.7. The van der Waals surface area contributed by atoms with E-state index in [1.807, 2.05) is 69.2 Å². The number of rotatable bonds is 19.